The molecule has 0 fully saturated rings. The van der Waals surface area contributed by atoms with Crippen molar-refractivity contribution >= 4 is 11.9 Å². The quantitative estimate of drug-likeness (QED) is 0.641. The topological polar surface area (TPSA) is 65.7 Å². The van der Waals surface area contributed by atoms with Crippen molar-refractivity contribution in [3.05, 3.63) is 17.9 Å². The third kappa shape index (κ3) is 2.33. The van der Waals surface area contributed by atoms with E-state index in [2.05, 4.69) is 9.47 Å². The summed E-state index contributed by atoms with van der Waals surface area (Å²) in [4.78, 5) is 21.3. The zero-order valence-electron chi connectivity index (χ0n) is 7.20. The van der Waals surface area contributed by atoms with Gasteiger partial charge in [0.05, 0.1) is 7.11 Å². The summed E-state index contributed by atoms with van der Waals surface area (Å²) in [5, 5.41) is 0. The molecule has 0 aliphatic rings. The zero-order chi connectivity index (χ0) is 9.84. The molecule has 1 rings (SSSR count). The Labute approximate surface area is 74.2 Å². The molecule has 0 amide bonds. The number of methoxy groups -OCH3 is 1. The first-order valence-corrected chi connectivity index (χ1v) is 3.50. The molecular weight excluding hydrogens is 176 g/mol. The van der Waals surface area contributed by atoms with Crippen molar-refractivity contribution < 1.29 is 23.5 Å². The number of esters is 2. The van der Waals surface area contributed by atoms with Gasteiger partial charge in [-0.2, -0.15) is 0 Å². The smallest absolute Gasteiger partial charge is 0.374 e. The van der Waals surface area contributed by atoms with Gasteiger partial charge in [-0.15, -0.1) is 0 Å². The predicted molar refractivity (Wildman–Crippen MR) is 41.4 cm³/mol. The van der Waals surface area contributed by atoms with Gasteiger partial charge in [0.15, 0.2) is 0 Å². The van der Waals surface area contributed by atoms with Crippen LogP contribution in [0.5, 0.6) is 5.95 Å². The van der Waals surface area contributed by atoms with Crippen LogP contribution in [0.4, 0.5) is 0 Å². The summed E-state index contributed by atoms with van der Waals surface area (Å²) in [5.41, 5.74) is 0. The molecule has 0 aliphatic heterocycles. The summed E-state index contributed by atoms with van der Waals surface area (Å²) < 4.78 is 13.8. The predicted octanol–water partition coefficient (Wildman–Crippen LogP) is 0.992. The molecule has 0 aliphatic carbocycles. The molecule has 0 bridgehead atoms. The lowest BCUT2D eigenvalue weighted by Crippen LogP contribution is -2.01. The number of hydrogen-bond acceptors (Lipinski definition) is 5. The molecule has 70 valence electrons. The molecule has 1 aromatic heterocycles. The van der Waals surface area contributed by atoms with Gasteiger partial charge >= 0.3 is 11.9 Å². The third-order valence-electron chi connectivity index (χ3n) is 1.21. The summed E-state index contributed by atoms with van der Waals surface area (Å²) in [6, 6.07) is 2.73. The summed E-state index contributed by atoms with van der Waals surface area (Å²) in [5.74, 6) is -1.14. The third-order valence-corrected chi connectivity index (χ3v) is 1.21. The Hall–Kier alpha value is -1.78. The molecule has 13 heavy (non-hydrogen) atoms. The normalized spacial score (nSPS) is 9.38. The maximum atomic E-state index is 10.9. The highest BCUT2D eigenvalue weighted by Crippen LogP contribution is 2.16. The zero-order valence-corrected chi connectivity index (χ0v) is 7.20. The van der Waals surface area contributed by atoms with Gasteiger partial charge in [-0.05, 0) is 6.07 Å². The fourth-order valence-electron chi connectivity index (χ4n) is 0.727. The van der Waals surface area contributed by atoms with Crippen molar-refractivity contribution in [1.29, 1.82) is 0 Å². The van der Waals surface area contributed by atoms with Crippen molar-refractivity contribution in [2.75, 3.05) is 7.11 Å². The van der Waals surface area contributed by atoms with E-state index in [9.17, 15) is 9.59 Å². The van der Waals surface area contributed by atoms with Gasteiger partial charge in [-0.1, -0.05) is 0 Å². The van der Waals surface area contributed by atoms with E-state index in [1.165, 1.54) is 26.2 Å². The molecule has 0 N–H and O–H groups in total. The molecule has 0 radical (unpaired) electrons. The fraction of sp³-hybridized carbons (Fsp3) is 0.250. The van der Waals surface area contributed by atoms with Crippen LogP contribution in [0.1, 0.15) is 17.5 Å². The van der Waals surface area contributed by atoms with E-state index in [1.54, 1.807) is 0 Å². The Morgan fingerprint density at radius 3 is 2.62 bits per heavy atom. The molecule has 0 atom stereocenters. The van der Waals surface area contributed by atoms with Crippen molar-refractivity contribution in [3.8, 4) is 5.95 Å². The van der Waals surface area contributed by atoms with Crippen LogP contribution in [0.25, 0.3) is 0 Å². The maximum absolute atomic E-state index is 10.9. The lowest BCUT2D eigenvalue weighted by atomic mass is 10.5. The van der Waals surface area contributed by atoms with E-state index in [0.29, 0.717) is 0 Å². The average molecular weight is 184 g/mol. The van der Waals surface area contributed by atoms with Crippen molar-refractivity contribution in [1.82, 2.24) is 0 Å². The van der Waals surface area contributed by atoms with Gasteiger partial charge in [0.25, 0.3) is 5.95 Å². The molecule has 1 aromatic rings. The van der Waals surface area contributed by atoms with Crippen LogP contribution in [0.15, 0.2) is 16.5 Å². The molecule has 0 saturated heterocycles. The highest BCUT2D eigenvalue weighted by atomic mass is 16.6. The minimum absolute atomic E-state index is 0.00116. The van der Waals surface area contributed by atoms with Gasteiger partial charge in [0.2, 0.25) is 5.76 Å². The van der Waals surface area contributed by atoms with Crippen LogP contribution in [0, 0.1) is 0 Å². The molecule has 0 spiro atoms. The number of furan rings is 1. The molecule has 0 unspecified atom stereocenters. The Bertz CT molecular complexity index is 325. The number of hydrogen-bond donors (Lipinski definition) is 0. The SMILES string of the molecule is COC(=O)c1ccc(OC(C)=O)o1. The minimum atomic E-state index is -0.613. The van der Waals surface area contributed by atoms with Gasteiger partial charge < -0.3 is 13.9 Å². The molecular formula is C8H8O5. The van der Waals surface area contributed by atoms with E-state index in [4.69, 9.17) is 4.42 Å². The van der Waals surface area contributed by atoms with Gasteiger partial charge in [-0.25, -0.2) is 4.79 Å². The first-order valence-electron chi connectivity index (χ1n) is 3.50. The second-order valence-corrected chi connectivity index (χ2v) is 2.20. The van der Waals surface area contributed by atoms with Gasteiger partial charge in [-0.3, -0.25) is 4.79 Å². The largest absolute Gasteiger partial charge is 0.463 e. The second kappa shape index (κ2) is 3.75. The lowest BCUT2D eigenvalue weighted by Gasteiger charge is -1.94. The summed E-state index contributed by atoms with van der Waals surface area (Å²) in [6.07, 6.45) is 0. The first-order chi connectivity index (χ1) is 6.13. The monoisotopic (exact) mass is 184 g/mol. The number of carbonyl (C=O) groups excluding carboxylic acids is 2. The molecule has 0 aromatic carbocycles. The summed E-state index contributed by atoms with van der Waals surface area (Å²) in [6.45, 7) is 1.24. The van der Waals surface area contributed by atoms with E-state index in [-0.39, 0.29) is 11.7 Å². The molecule has 5 nitrogen and oxygen atoms in total. The van der Waals surface area contributed by atoms with E-state index in [1.807, 2.05) is 0 Å². The van der Waals surface area contributed by atoms with Crippen molar-refractivity contribution in [3.63, 3.8) is 0 Å². The Morgan fingerprint density at radius 1 is 1.38 bits per heavy atom. The van der Waals surface area contributed by atoms with Crippen LogP contribution >= 0.6 is 0 Å². The van der Waals surface area contributed by atoms with Crippen LogP contribution < -0.4 is 4.74 Å². The average Bonchev–Trinajstić information content (AvgIpc) is 2.50. The highest BCUT2D eigenvalue weighted by Gasteiger charge is 2.12. The second-order valence-electron chi connectivity index (χ2n) is 2.20. The summed E-state index contributed by atoms with van der Waals surface area (Å²) >= 11 is 0. The van der Waals surface area contributed by atoms with Gasteiger partial charge in [0, 0.05) is 13.0 Å². The Balaban J connectivity index is 2.74. The van der Waals surface area contributed by atoms with Crippen LogP contribution in [0.2, 0.25) is 0 Å². The summed E-state index contributed by atoms with van der Waals surface area (Å²) in [7, 11) is 1.23. The van der Waals surface area contributed by atoms with Crippen molar-refractivity contribution in [2.24, 2.45) is 0 Å². The first kappa shape index (κ1) is 9.31. The van der Waals surface area contributed by atoms with Crippen LogP contribution in [0.3, 0.4) is 0 Å². The molecule has 5 heteroatoms. The number of carbonyl (C=O) groups is 2. The minimum Gasteiger partial charge on any atom is -0.463 e. The Kier molecular flexibility index (Phi) is 2.69. The van der Waals surface area contributed by atoms with E-state index in [0.717, 1.165) is 0 Å². The van der Waals surface area contributed by atoms with Crippen molar-refractivity contribution in [2.45, 2.75) is 6.92 Å². The molecule has 1 heterocycles. The van der Waals surface area contributed by atoms with E-state index >= 15 is 0 Å². The number of rotatable bonds is 2. The lowest BCUT2D eigenvalue weighted by molar-refractivity contribution is -0.133. The number of ether oxygens (including phenoxy) is 2. The highest BCUT2D eigenvalue weighted by molar-refractivity contribution is 5.86. The van der Waals surface area contributed by atoms with Crippen LogP contribution in [-0.2, 0) is 9.53 Å². The fourth-order valence-corrected chi connectivity index (χ4v) is 0.727. The Morgan fingerprint density at radius 2 is 2.08 bits per heavy atom. The van der Waals surface area contributed by atoms with E-state index < -0.39 is 11.9 Å². The maximum Gasteiger partial charge on any atom is 0.374 e. The molecule has 0 saturated carbocycles. The van der Waals surface area contributed by atoms with Crippen LogP contribution in [-0.4, -0.2) is 19.0 Å². The van der Waals surface area contributed by atoms with Gasteiger partial charge in [0.1, 0.15) is 0 Å². The standard InChI is InChI=1S/C8H8O5/c1-5(9)12-7-4-3-6(13-7)8(10)11-2/h3-4H,1-2H3.